The summed E-state index contributed by atoms with van der Waals surface area (Å²) < 4.78 is 0. The van der Waals surface area contributed by atoms with Crippen molar-refractivity contribution in [2.75, 3.05) is 14.1 Å². The fourth-order valence-electron chi connectivity index (χ4n) is 2.29. The second-order valence-electron chi connectivity index (χ2n) is 5.20. The lowest BCUT2D eigenvalue weighted by molar-refractivity contribution is -0.121. The van der Waals surface area contributed by atoms with E-state index in [1.165, 1.54) is 12.8 Å². The largest absolute Gasteiger partial charge is 0.353 e. The summed E-state index contributed by atoms with van der Waals surface area (Å²) in [5, 5.41) is 6.16. The number of hydrogen-bond acceptors (Lipinski definition) is 4. The van der Waals surface area contributed by atoms with Gasteiger partial charge in [0.25, 0.3) is 0 Å². The van der Waals surface area contributed by atoms with Crippen molar-refractivity contribution in [3.8, 4) is 0 Å². The van der Waals surface area contributed by atoms with Gasteiger partial charge in [-0.2, -0.15) is 0 Å². The summed E-state index contributed by atoms with van der Waals surface area (Å²) in [6, 6.07) is 0.400. The molecule has 0 spiro atoms. The molecule has 0 saturated heterocycles. The number of aromatic nitrogens is 1. The summed E-state index contributed by atoms with van der Waals surface area (Å²) in [5.74, 6) is 0.114. The van der Waals surface area contributed by atoms with Gasteiger partial charge < -0.3 is 10.2 Å². The molecule has 1 aromatic rings. The van der Waals surface area contributed by atoms with E-state index in [4.69, 9.17) is 0 Å². The second-order valence-corrected chi connectivity index (χ2v) is 6.14. The van der Waals surface area contributed by atoms with Gasteiger partial charge in [-0.1, -0.05) is 12.8 Å². The number of hydrogen-bond donors (Lipinski definition) is 1. The molecule has 1 N–H and O–H groups in total. The molecule has 0 aromatic carbocycles. The molecule has 0 bridgehead atoms. The second kappa shape index (κ2) is 6.29. The van der Waals surface area contributed by atoms with Crippen molar-refractivity contribution in [1.82, 2.24) is 15.2 Å². The number of nitrogens with zero attached hydrogens (tertiary/aromatic N) is 2. The topological polar surface area (TPSA) is 45.2 Å². The van der Waals surface area contributed by atoms with E-state index in [0.717, 1.165) is 30.1 Å². The maximum Gasteiger partial charge on any atom is 0.226 e. The molecule has 1 heterocycles. The van der Waals surface area contributed by atoms with Crippen molar-refractivity contribution in [3.63, 3.8) is 0 Å². The highest BCUT2D eigenvalue weighted by Crippen LogP contribution is 2.18. The van der Waals surface area contributed by atoms with Crippen LogP contribution in [0.15, 0.2) is 5.38 Å². The number of nitrogens with one attached hydrogen (secondary N) is 1. The van der Waals surface area contributed by atoms with Crippen LogP contribution in [0.2, 0.25) is 0 Å². The number of carbonyl (C=O) groups is 1. The normalized spacial score (nSPS) is 16.4. The van der Waals surface area contributed by atoms with Crippen LogP contribution in [-0.4, -0.2) is 35.9 Å². The monoisotopic (exact) mass is 267 g/mol. The molecule has 1 aliphatic carbocycles. The van der Waals surface area contributed by atoms with Crippen LogP contribution >= 0.6 is 11.3 Å². The summed E-state index contributed by atoms with van der Waals surface area (Å²) in [6.45, 7) is 0.842. The Balaban J connectivity index is 1.81. The zero-order chi connectivity index (χ0) is 13.0. The van der Waals surface area contributed by atoms with Gasteiger partial charge in [0, 0.05) is 18.0 Å². The van der Waals surface area contributed by atoms with Crippen LogP contribution in [0.5, 0.6) is 0 Å². The average Bonchev–Trinajstić information content (AvgIpc) is 2.89. The summed E-state index contributed by atoms with van der Waals surface area (Å²) in [6.07, 6.45) is 5.17. The zero-order valence-electron chi connectivity index (χ0n) is 11.1. The van der Waals surface area contributed by atoms with Crippen molar-refractivity contribution < 1.29 is 4.79 Å². The first-order valence-corrected chi connectivity index (χ1v) is 7.39. The first kappa shape index (κ1) is 13.5. The van der Waals surface area contributed by atoms with Gasteiger partial charge in [-0.15, -0.1) is 11.3 Å². The minimum absolute atomic E-state index is 0.114. The molecule has 0 aliphatic heterocycles. The standard InChI is InChI=1S/C13H21N3OS/c1-16(2)8-13-15-11(9-18-13)7-12(17)14-10-5-3-4-6-10/h9-10H,3-8H2,1-2H3,(H,14,17). The van der Waals surface area contributed by atoms with Crippen LogP contribution < -0.4 is 5.32 Å². The number of carbonyl (C=O) groups excluding carboxylic acids is 1. The molecule has 1 amide bonds. The molecule has 1 aliphatic rings. The minimum Gasteiger partial charge on any atom is -0.353 e. The summed E-state index contributed by atoms with van der Waals surface area (Å²) in [5.41, 5.74) is 0.896. The first-order chi connectivity index (χ1) is 8.63. The molecule has 0 unspecified atom stereocenters. The van der Waals surface area contributed by atoms with Crippen molar-refractivity contribution >= 4 is 17.2 Å². The van der Waals surface area contributed by atoms with E-state index in [0.29, 0.717) is 12.5 Å². The Kier molecular flexibility index (Phi) is 4.72. The van der Waals surface area contributed by atoms with Crippen LogP contribution in [0.3, 0.4) is 0 Å². The van der Waals surface area contributed by atoms with Crippen LogP contribution in [0, 0.1) is 0 Å². The van der Waals surface area contributed by atoms with Crippen molar-refractivity contribution in [1.29, 1.82) is 0 Å². The molecule has 1 fully saturated rings. The van der Waals surface area contributed by atoms with E-state index in [1.54, 1.807) is 11.3 Å². The maximum absolute atomic E-state index is 11.8. The molecular weight excluding hydrogens is 246 g/mol. The van der Waals surface area contributed by atoms with Gasteiger partial charge in [0.2, 0.25) is 5.91 Å². The Morgan fingerprint density at radius 3 is 2.89 bits per heavy atom. The number of rotatable bonds is 5. The molecular formula is C13H21N3OS. The predicted molar refractivity (Wildman–Crippen MR) is 73.6 cm³/mol. The van der Waals surface area contributed by atoms with Crippen molar-refractivity contribution in [2.45, 2.75) is 44.7 Å². The molecule has 2 rings (SSSR count). The maximum atomic E-state index is 11.8. The average molecular weight is 267 g/mol. The summed E-state index contributed by atoms with van der Waals surface area (Å²) in [4.78, 5) is 18.4. The Morgan fingerprint density at radius 1 is 1.50 bits per heavy atom. The van der Waals surface area contributed by atoms with Crippen LogP contribution in [0.25, 0.3) is 0 Å². The highest BCUT2D eigenvalue weighted by Gasteiger charge is 2.17. The highest BCUT2D eigenvalue weighted by atomic mass is 32.1. The van der Waals surface area contributed by atoms with E-state index < -0.39 is 0 Å². The van der Waals surface area contributed by atoms with Crippen LogP contribution in [0.4, 0.5) is 0 Å². The molecule has 18 heavy (non-hydrogen) atoms. The molecule has 0 atom stereocenters. The van der Waals surface area contributed by atoms with Gasteiger partial charge in [-0.25, -0.2) is 4.98 Å². The van der Waals surface area contributed by atoms with Crippen molar-refractivity contribution in [3.05, 3.63) is 16.1 Å². The first-order valence-electron chi connectivity index (χ1n) is 6.51. The highest BCUT2D eigenvalue weighted by molar-refractivity contribution is 7.09. The van der Waals surface area contributed by atoms with E-state index >= 15 is 0 Å². The zero-order valence-corrected chi connectivity index (χ0v) is 11.9. The minimum atomic E-state index is 0.114. The molecule has 1 saturated carbocycles. The van der Waals surface area contributed by atoms with Gasteiger partial charge in [-0.05, 0) is 26.9 Å². The van der Waals surface area contributed by atoms with Gasteiger partial charge in [-0.3, -0.25) is 4.79 Å². The van der Waals surface area contributed by atoms with E-state index in [9.17, 15) is 4.79 Å². The Labute approximate surface area is 112 Å². The number of amides is 1. The van der Waals surface area contributed by atoms with Gasteiger partial charge >= 0.3 is 0 Å². The molecule has 100 valence electrons. The fraction of sp³-hybridized carbons (Fsp3) is 0.692. The SMILES string of the molecule is CN(C)Cc1nc(CC(=O)NC2CCCC2)cs1. The molecule has 4 nitrogen and oxygen atoms in total. The lowest BCUT2D eigenvalue weighted by atomic mass is 10.2. The number of thiazole rings is 1. The van der Waals surface area contributed by atoms with E-state index in [2.05, 4.69) is 15.2 Å². The third-order valence-electron chi connectivity index (χ3n) is 3.11. The van der Waals surface area contributed by atoms with Crippen LogP contribution in [-0.2, 0) is 17.8 Å². The Morgan fingerprint density at radius 2 is 2.22 bits per heavy atom. The molecule has 5 heteroatoms. The van der Waals surface area contributed by atoms with Crippen LogP contribution in [0.1, 0.15) is 36.4 Å². The van der Waals surface area contributed by atoms with Crippen molar-refractivity contribution in [2.24, 2.45) is 0 Å². The lowest BCUT2D eigenvalue weighted by Gasteiger charge is -2.10. The third-order valence-corrected chi connectivity index (χ3v) is 4.00. The predicted octanol–water partition coefficient (Wildman–Crippen LogP) is 1.81. The molecule has 0 radical (unpaired) electrons. The smallest absolute Gasteiger partial charge is 0.226 e. The Bertz CT molecular complexity index is 397. The van der Waals surface area contributed by atoms with E-state index in [-0.39, 0.29) is 5.91 Å². The van der Waals surface area contributed by atoms with Gasteiger partial charge in [0.1, 0.15) is 5.01 Å². The van der Waals surface area contributed by atoms with Gasteiger partial charge in [0.05, 0.1) is 12.1 Å². The lowest BCUT2D eigenvalue weighted by Crippen LogP contribution is -2.33. The fourth-order valence-corrected chi connectivity index (χ4v) is 3.20. The van der Waals surface area contributed by atoms with E-state index in [1.807, 2.05) is 19.5 Å². The van der Waals surface area contributed by atoms with Gasteiger partial charge in [0.15, 0.2) is 0 Å². The summed E-state index contributed by atoms with van der Waals surface area (Å²) >= 11 is 1.63. The summed E-state index contributed by atoms with van der Waals surface area (Å²) in [7, 11) is 4.04. The molecule has 1 aromatic heterocycles. The Hall–Kier alpha value is -0.940. The third kappa shape index (κ3) is 4.07. The quantitative estimate of drug-likeness (QED) is 0.885.